The van der Waals surface area contributed by atoms with Crippen molar-refractivity contribution in [2.24, 2.45) is 0 Å². The maximum absolute atomic E-state index is 11.9. The summed E-state index contributed by atoms with van der Waals surface area (Å²) >= 11 is 0. The van der Waals surface area contributed by atoms with Crippen LogP contribution in [0.2, 0.25) is 0 Å². The zero-order chi connectivity index (χ0) is 16.1. The van der Waals surface area contributed by atoms with Crippen molar-refractivity contribution in [3.63, 3.8) is 0 Å². The van der Waals surface area contributed by atoms with E-state index < -0.39 is 0 Å². The first-order valence-corrected chi connectivity index (χ1v) is 7.95. The molecular formula is C19H20N2O2. The van der Waals surface area contributed by atoms with Gasteiger partial charge in [-0.1, -0.05) is 42.5 Å². The zero-order valence-corrected chi connectivity index (χ0v) is 13.0. The molecule has 23 heavy (non-hydrogen) atoms. The number of carbonyl (C=O) groups is 2. The van der Waals surface area contributed by atoms with Crippen LogP contribution in [0, 0.1) is 0 Å². The van der Waals surface area contributed by atoms with Gasteiger partial charge in [0.25, 0.3) is 0 Å². The van der Waals surface area contributed by atoms with Gasteiger partial charge in [-0.3, -0.25) is 9.59 Å². The van der Waals surface area contributed by atoms with E-state index in [0.29, 0.717) is 0 Å². The van der Waals surface area contributed by atoms with E-state index in [2.05, 4.69) is 5.32 Å². The summed E-state index contributed by atoms with van der Waals surface area (Å²) in [6.07, 6.45) is 5.39. The summed E-state index contributed by atoms with van der Waals surface area (Å²) in [5.74, 6) is -0.250. The Kier molecular flexibility index (Phi) is 4.71. The molecule has 0 aliphatic carbocycles. The van der Waals surface area contributed by atoms with Gasteiger partial charge in [0.15, 0.2) is 0 Å². The number of hydrogen-bond donors (Lipinski definition) is 1. The van der Waals surface area contributed by atoms with Crippen molar-refractivity contribution in [1.29, 1.82) is 0 Å². The van der Waals surface area contributed by atoms with Gasteiger partial charge in [0.05, 0.1) is 6.54 Å². The van der Waals surface area contributed by atoms with Crippen molar-refractivity contribution in [2.75, 3.05) is 19.6 Å². The van der Waals surface area contributed by atoms with Crippen LogP contribution in [0.25, 0.3) is 16.8 Å². The lowest BCUT2D eigenvalue weighted by Gasteiger charge is -2.14. The van der Waals surface area contributed by atoms with Gasteiger partial charge in [-0.25, -0.2) is 0 Å². The Morgan fingerprint density at radius 2 is 1.78 bits per heavy atom. The van der Waals surface area contributed by atoms with E-state index in [0.717, 1.165) is 42.3 Å². The van der Waals surface area contributed by atoms with Gasteiger partial charge in [0.1, 0.15) is 0 Å². The minimum Gasteiger partial charge on any atom is -0.343 e. The monoisotopic (exact) mass is 308 g/mol. The van der Waals surface area contributed by atoms with Gasteiger partial charge in [-0.05, 0) is 35.3 Å². The minimum atomic E-state index is -0.245. The molecule has 1 aliphatic rings. The highest BCUT2D eigenvalue weighted by Gasteiger charge is 2.17. The predicted octanol–water partition coefficient (Wildman–Crippen LogP) is 2.59. The average molecular weight is 308 g/mol. The summed E-state index contributed by atoms with van der Waals surface area (Å²) in [5.41, 5.74) is 0.990. The molecule has 0 saturated carbocycles. The second-order valence-corrected chi connectivity index (χ2v) is 5.71. The van der Waals surface area contributed by atoms with Crippen LogP contribution in [-0.2, 0) is 9.59 Å². The highest BCUT2D eigenvalue weighted by Crippen LogP contribution is 2.19. The third-order valence-electron chi connectivity index (χ3n) is 4.11. The predicted molar refractivity (Wildman–Crippen MR) is 91.8 cm³/mol. The number of hydrogen-bond acceptors (Lipinski definition) is 2. The van der Waals surface area contributed by atoms with E-state index in [1.54, 1.807) is 11.0 Å². The third kappa shape index (κ3) is 3.77. The van der Waals surface area contributed by atoms with E-state index in [-0.39, 0.29) is 18.4 Å². The molecule has 1 heterocycles. The second-order valence-electron chi connectivity index (χ2n) is 5.71. The summed E-state index contributed by atoms with van der Waals surface area (Å²) < 4.78 is 0. The molecule has 0 unspecified atom stereocenters. The van der Waals surface area contributed by atoms with E-state index in [1.165, 1.54) is 6.08 Å². The average Bonchev–Trinajstić information content (AvgIpc) is 3.12. The summed E-state index contributed by atoms with van der Waals surface area (Å²) in [6, 6.07) is 14.0. The van der Waals surface area contributed by atoms with E-state index in [4.69, 9.17) is 0 Å². The number of rotatable bonds is 4. The lowest BCUT2D eigenvalue weighted by Crippen LogP contribution is -2.38. The number of carbonyl (C=O) groups excluding carboxylic acids is 2. The molecule has 0 radical (unpaired) electrons. The lowest BCUT2D eigenvalue weighted by molar-refractivity contribution is -0.131. The van der Waals surface area contributed by atoms with Crippen molar-refractivity contribution in [1.82, 2.24) is 10.2 Å². The molecule has 0 atom stereocenters. The van der Waals surface area contributed by atoms with Crippen molar-refractivity contribution < 1.29 is 9.59 Å². The largest absolute Gasteiger partial charge is 0.343 e. The molecule has 2 aromatic rings. The van der Waals surface area contributed by atoms with Gasteiger partial charge in [-0.2, -0.15) is 0 Å². The van der Waals surface area contributed by atoms with Crippen LogP contribution in [-0.4, -0.2) is 36.3 Å². The van der Waals surface area contributed by atoms with Crippen LogP contribution < -0.4 is 5.32 Å². The van der Waals surface area contributed by atoms with Gasteiger partial charge >= 0.3 is 0 Å². The Bertz CT molecular complexity index is 741. The molecule has 0 bridgehead atoms. The van der Waals surface area contributed by atoms with Crippen molar-refractivity contribution in [2.45, 2.75) is 12.8 Å². The molecule has 1 aliphatic heterocycles. The Morgan fingerprint density at radius 3 is 2.61 bits per heavy atom. The molecule has 0 aromatic heterocycles. The Labute approximate surface area is 135 Å². The molecule has 2 aromatic carbocycles. The molecule has 118 valence electrons. The van der Waals surface area contributed by atoms with Gasteiger partial charge in [0.2, 0.25) is 11.8 Å². The summed E-state index contributed by atoms with van der Waals surface area (Å²) in [4.78, 5) is 25.6. The first kappa shape index (κ1) is 15.3. The molecule has 3 rings (SSSR count). The van der Waals surface area contributed by atoms with Crippen LogP contribution >= 0.6 is 0 Å². The fourth-order valence-corrected chi connectivity index (χ4v) is 2.86. The van der Waals surface area contributed by atoms with Crippen LogP contribution in [0.1, 0.15) is 18.4 Å². The Balaban J connectivity index is 1.60. The van der Waals surface area contributed by atoms with E-state index in [1.807, 2.05) is 42.5 Å². The topological polar surface area (TPSA) is 49.4 Å². The van der Waals surface area contributed by atoms with Crippen LogP contribution in [0.4, 0.5) is 0 Å². The van der Waals surface area contributed by atoms with Crippen LogP contribution in [0.15, 0.2) is 48.5 Å². The fraction of sp³-hybridized carbons (Fsp3) is 0.263. The zero-order valence-electron chi connectivity index (χ0n) is 13.0. The first-order valence-electron chi connectivity index (χ1n) is 7.95. The van der Waals surface area contributed by atoms with Crippen LogP contribution in [0.3, 0.4) is 0 Å². The summed E-state index contributed by atoms with van der Waals surface area (Å²) in [5, 5.41) is 4.90. The minimum absolute atomic E-state index is 0.00518. The molecular weight excluding hydrogens is 288 g/mol. The quantitative estimate of drug-likeness (QED) is 0.883. The highest BCUT2D eigenvalue weighted by molar-refractivity contribution is 5.97. The molecule has 1 fully saturated rings. The Morgan fingerprint density at radius 1 is 1.04 bits per heavy atom. The maximum Gasteiger partial charge on any atom is 0.244 e. The van der Waals surface area contributed by atoms with Crippen LogP contribution in [0.5, 0.6) is 0 Å². The number of amides is 2. The summed E-state index contributed by atoms with van der Waals surface area (Å²) in [7, 11) is 0. The van der Waals surface area contributed by atoms with Crippen molar-refractivity contribution >= 4 is 28.7 Å². The normalized spacial score (nSPS) is 14.5. The third-order valence-corrected chi connectivity index (χ3v) is 4.11. The highest BCUT2D eigenvalue weighted by atomic mass is 16.2. The second kappa shape index (κ2) is 7.09. The maximum atomic E-state index is 11.9. The van der Waals surface area contributed by atoms with Gasteiger partial charge in [0, 0.05) is 19.2 Å². The van der Waals surface area contributed by atoms with Crippen molar-refractivity contribution in [3.05, 3.63) is 54.1 Å². The number of nitrogens with zero attached hydrogens (tertiary/aromatic N) is 1. The first-order chi connectivity index (χ1) is 11.2. The number of likely N-dealkylation sites (tertiary alicyclic amines) is 1. The molecule has 1 N–H and O–H groups in total. The SMILES string of the molecule is O=C(/C=C/c1cccc2ccccc12)NCC(=O)N1CCCC1. The molecule has 4 heteroatoms. The lowest BCUT2D eigenvalue weighted by atomic mass is 10.0. The standard InChI is InChI=1S/C19H20N2O2/c22-18(20-14-19(23)21-12-3-4-13-21)11-10-16-8-5-7-15-6-1-2-9-17(15)16/h1-2,5-11H,3-4,12-14H2,(H,20,22)/b11-10+. The molecule has 1 saturated heterocycles. The van der Waals surface area contributed by atoms with Gasteiger partial charge in [-0.15, -0.1) is 0 Å². The molecule has 4 nitrogen and oxygen atoms in total. The fourth-order valence-electron chi connectivity index (χ4n) is 2.86. The van der Waals surface area contributed by atoms with Crippen molar-refractivity contribution in [3.8, 4) is 0 Å². The smallest absolute Gasteiger partial charge is 0.244 e. The van der Waals surface area contributed by atoms with E-state index >= 15 is 0 Å². The van der Waals surface area contributed by atoms with E-state index in [9.17, 15) is 9.59 Å². The number of nitrogens with one attached hydrogen (secondary N) is 1. The summed E-state index contributed by atoms with van der Waals surface area (Å²) in [6.45, 7) is 1.68. The van der Waals surface area contributed by atoms with Gasteiger partial charge < -0.3 is 10.2 Å². The number of fused-ring (bicyclic) bond motifs is 1. The molecule has 0 spiro atoms. The Hall–Kier alpha value is -2.62. The number of benzene rings is 2. The molecule has 2 amide bonds.